The van der Waals surface area contributed by atoms with Gasteiger partial charge in [-0.15, -0.1) is 0 Å². The van der Waals surface area contributed by atoms with Crippen LogP contribution in [0.1, 0.15) is 21.5 Å². The van der Waals surface area contributed by atoms with E-state index in [1.807, 2.05) is 0 Å². The van der Waals surface area contributed by atoms with Gasteiger partial charge in [0.15, 0.2) is 0 Å². The first-order valence-corrected chi connectivity index (χ1v) is 5.65. The minimum atomic E-state index is -0.662. The van der Waals surface area contributed by atoms with Crippen LogP contribution in [-0.4, -0.2) is 15.9 Å². The van der Waals surface area contributed by atoms with Crippen LogP contribution in [0.4, 0.5) is 10.1 Å². The van der Waals surface area contributed by atoms with E-state index in [9.17, 15) is 9.18 Å². The van der Waals surface area contributed by atoms with Crippen molar-refractivity contribution in [2.24, 2.45) is 5.73 Å². The Bertz CT molecular complexity index is 601. The molecular weight excluding hydrogens is 247 g/mol. The molecule has 98 valence electrons. The number of halogens is 1. The van der Waals surface area contributed by atoms with Gasteiger partial charge in [-0.3, -0.25) is 4.79 Å². The second-order valence-electron chi connectivity index (χ2n) is 4.10. The molecule has 0 spiro atoms. The predicted octanol–water partition coefficient (Wildman–Crippen LogP) is 1.64. The molecule has 2 rings (SSSR count). The van der Waals surface area contributed by atoms with E-state index in [2.05, 4.69) is 15.3 Å². The van der Waals surface area contributed by atoms with E-state index in [0.29, 0.717) is 17.8 Å². The number of hydrogen-bond donors (Lipinski definition) is 2. The van der Waals surface area contributed by atoms with Gasteiger partial charge in [-0.05, 0) is 19.1 Å². The van der Waals surface area contributed by atoms with E-state index in [4.69, 9.17) is 5.73 Å². The van der Waals surface area contributed by atoms with E-state index >= 15 is 0 Å². The lowest BCUT2D eigenvalue weighted by Gasteiger charge is -2.11. The molecule has 0 unspecified atom stereocenters. The number of hydrogen-bond acceptors (Lipinski definition) is 4. The molecule has 0 aliphatic carbocycles. The Morgan fingerprint density at radius 1 is 1.37 bits per heavy atom. The summed E-state index contributed by atoms with van der Waals surface area (Å²) >= 11 is 0. The Morgan fingerprint density at radius 2 is 2.05 bits per heavy atom. The van der Waals surface area contributed by atoms with Gasteiger partial charge in [0.25, 0.3) is 0 Å². The summed E-state index contributed by atoms with van der Waals surface area (Å²) in [4.78, 5) is 18.9. The summed E-state index contributed by atoms with van der Waals surface area (Å²) in [5, 5.41) is 3.04. The Hall–Kier alpha value is -2.50. The fourth-order valence-electron chi connectivity index (χ4n) is 1.62. The third-order valence-corrected chi connectivity index (χ3v) is 2.73. The van der Waals surface area contributed by atoms with Crippen molar-refractivity contribution >= 4 is 11.6 Å². The molecule has 0 aliphatic rings. The van der Waals surface area contributed by atoms with E-state index in [1.54, 1.807) is 19.3 Å². The summed E-state index contributed by atoms with van der Waals surface area (Å²) in [6.45, 7) is 2.06. The lowest BCUT2D eigenvalue weighted by atomic mass is 10.1. The van der Waals surface area contributed by atoms with Gasteiger partial charge in [-0.1, -0.05) is 0 Å². The Morgan fingerprint density at radius 3 is 2.68 bits per heavy atom. The van der Waals surface area contributed by atoms with Gasteiger partial charge >= 0.3 is 0 Å². The zero-order valence-corrected chi connectivity index (χ0v) is 10.4. The minimum absolute atomic E-state index is 0.134. The first kappa shape index (κ1) is 12.9. The molecule has 0 atom stereocenters. The highest BCUT2D eigenvalue weighted by Crippen LogP contribution is 2.21. The van der Waals surface area contributed by atoms with Crippen LogP contribution in [0, 0.1) is 12.7 Å². The highest BCUT2D eigenvalue weighted by molar-refractivity contribution is 5.94. The van der Waals surface area contributed by atoms with E-state index in [1.165, 1.54) is 12.4 Å². The minimum Gasteiger partial charge on any atom is -0.381 e. The molecule has 1 amide bonds. The number of rotatable bonds is 4. The Kier molecular flexibility index (Phi) is 3.70. The number of anilines is 1. The van der Waals surface area contributed by atoms with E-state index in [0.717, 1.165) is 11.6 Å². The highest BCUT2D eigenvalue weighted by atomic mass is 19.1. The van der Waals surface area contributed by atoms with Gasteiger partial charge in [0.1, 0.15) is 12.1 Å². The fourth-order valence-corrected chi connectivity index (χ4v) is 1.62. The normalized spacial score (nSPS) is 10.2. The summed E-state index contributed by atoms with van der Waals surface area (Å²) in [6.07, 6.45) is 4.75. The van der Waals surface area contributed by atoms with E-state index < -0.39 is 11.7 Å². The number of carbonyl (C=O) groups excluding carboxylic acids is 1. The molecule has 1 heterocycles. The molecule has 19 heavy (non-hydrogen) atoms. The van der Waals surface area contributed by atoms with Gasteiger partial charge in [-0.25, -0.2) is 14.4 Å². The molecule has 2 aromatic rings. The molecule has 6 heteroatoms. The SMILES string of the molecule is Cc1c(F)cc(C(N)=O)cc1NCc1cncnc1. The molecule has 1 aromatic heterocycles. The van der Waals surface area contributed by atoms with Crippen LogP contribution in [0.25, 0.3) is 0 Å². The maximum Gasteiger partial charge on any atom is 0.248 e. The van der Waals surface area contributed by atoms with Gasteiger partial charge < -0.3 is 11.1 Å². The average molecular weight is 260 g/mol. The van der Waals surface area contributed by atoms with Crippen molar-refractivity contribution in [1.82, 2.24) is 9.97 Å². The van der Waals surface area contributed by atoms with E-state index in [-0.39, 0.29) is 5.56 Å². The molecule has 0 fully saturated rings. The van der Waals surface area contributed by atoms with Crippen molar-refractivity contribution in [2.45, 2.75) is 13.5 Å². The molecule has 0 radical (unpaired) electrons. The summed E-state index contributed by atoms with van der Waals surface area (Å²) < 4.78 is 13.7. The van der Waals surface area contributed by atoms with Crippen LogP contribution in [-0.2, 0) is 6.54 Å². The van der Waals surface area contributed by atoms with Crippen molar-refractivity contribution in [1.29, 1.82) is 0 Å². The number of amides is 1. The van der Waals surface area contributed by atoms with Gasteiger partial charge in [0.2, 0.25) is 5.91 Å². The van der Waals surface area contributed by atoms with Crippen LogP contribution < -0.4 is 11.1 Å². The number of aromatic nitrogens is 2. The van der Waals surface area contributed by atoms with Crippen molar-refractivity contribution in [3.05, 3.63) is 53.4 Å². The lowest BCUT2D eigenvalue weighted by Crippen LogP contribution is -2.13. The molecule has 0 saturated heterocycles. The zero-order valence-electron chi connectivity index (χ0n) is 10.4. The van der Waals surface area contributed by atoms with Crippen molar-refractivity contribution in [2.75, 3.05) is 5.32 Å². The first-order valence-electron chi connectivity index (χ1n) is 5.65. The third kappa shape index (κ3) is 3.04. The molecule has 0 bridgehead atoms. The molecule has 5 nitrogen and oxygen atoms in total. The maximum atomic E-state index is 13.7. The highest BCUT2D eigenvalue weighted by Gasteiger charge is 2.10. The van der Waals surface area contributed by atoms with Crippen LogP contribution in [0.3, 0.4) is 0 Å². The van der Waals surface area contributed by atoms with Crippen LogP contribution in [0.2, 0.25) is 0 Å². The maximum absolute atomic E-state index is 13.7. The number of nitrogens with one attached hydrogen (secondary N) is 1. The topological polar surface area (TPSA) is 80.9 Å². The summed E-state index contributed by atoms with van der Waals surface area (Å²) in [5.41, 5.74) is 7.10. The van der Waals surface area contributed by atoms with Crippen molar-refractivity contribution < 1.29 is 9.18 Å². The van der Waals surface area contributed by atoms with Crippen LogP contribution in [0.15, 0.2) is 30.9 Å². The number of primary amides is 1. The monoisotopic (exact) mass is 260 g/mol. The number of nitrogens with zero attached hydrogens (tertiary/aromatic N) is 2. The second-order valence-corrected chi connectivity index (χ2v) is 4.10. The van der Waals surface area contributed by atoms with Crippen molar-refractivity contribution in [3.8, 4) is 0 Å². The zero-order chi connectivity index (χ0) is 13.8. The van der Waals surface area contributed by atoms with Crippen molar-refractivity contribution in [3.63, 3.8) is 0 Å². The van der Waals surface area contributed by atoms with Gasteiger partial charge in [-0.2, -0.15) is 0 Å². The van der Waals surface area contributed by atoms with Crippen LogP contribution >= 0.6 is 0 Å². The predicted molar refractivity (Wildman–Crippen MR) is 69.0 cm³/mol. The van der Waals surface area contributed by atoms with Crippen LogP contribution in [0.5, 0.6) is 0 Å². The quantitative estimate of drug-likeness (QED) is 0.875. The smallest absolute Gasteiger partial charge is 0.248 e. The molecule has 0 aliphatic heterocycles. The molecule has 0 saturated carbocycles. The lowest BCUT2D eigenvalue weighted by molar-refractivity contribution is 0.1000. The number of carbonyl (C=O) groups is 1. The third-order valence-electron chi connectivity index (χ3n) is 2.73. The number of nitrogens with two attached hydrogens (primary N) is 1. The summed E-state index contributed by atoms with van der Waals surface area (Å²) in [7, 11) is 0. The average Bonchev–Trinajstić information content (AvgIpc) is 2.41. The summed E-state index contributed by atoms with van der Waals surface area (Å²) in [6, 6.07) is 2.67. The molecule has 3 N–H and O–H groups in total. The molecular formula is C13H13FN4O. The fraction of sp³-hybridized carbons (Fsp3) is 0.154. The first-order chi connectivity index (χ1) is 9.08. The van der Waals surface area contributed by atoms with Gasteiger partial charge in [0, 0.05) is 41.3 Å². The number of benzene rings is 1. The molecule has 1 aromatic carbocycles. The Balaban J connectivity index is 2.22. The summed E-state index contributed by atoms with van der Waals surface area (Å²) in [5.74, 6) is -1.13. The second kappa shape index (κ2) is 5.43. The standard InChI is InChI=1S/C13H13FN4O/c1-8-11(14)2-10(13(15)19)3-12(8)18-6-9-4-16-7-17-5-9/h2-5,7,18H,6H2,1H3,(H2,15,19). The van der Waals surface area contributed by atoms with Gasteiger partial charge in [0.05, 0.1) is 0 Å². The largest absolute Gasteiger partial charge is 0.381 e. The Labute approximate surface area is 109 Å².